The highest BCUT2D eigenvalue weighted by Gasteiger charge is 2.33. The number of rotatable bonds is 3. The van der Waals surface area contributed by atoms with Crippen LogP contribution in [-0.4, -0.2) is 30.0 Å². The first-order valence-corrected chi connectivity index (χ1v) is 7.47. The molecule has 0 aromatic heterocycles. The molecular formula is C13H14BrClFNO2. The van der Waals surface area contributed by atoms with Crippen LogP contribution >= 0.6 is 27.5 Å². The third-order valence-electron chi connectivity index (χ3n) is 3.26. The van der Waals surface area contributed by atoms with E-state index in [-0.39, 0.29) is 11.1 Å². The van der Waals surface area contributed by atoms with Gasteiger partial charge in [-0.25, -0.2) is 4.39 Å². The number of nitrogens with one attached hydrogen (secondary N) is 1. The summed E-state index contributed by atoms with van der Waals surface area (Å²) < 4.78 is 18.9. The van der Waals surface area contributed by atoms with Gasteiger partial charge in [0.15, 0.2) is 0 Å². The molecule has 6 heteroatoms. The number of halogens is 3. The highest BCUT2D eigenvalue weighted by molar-refractivity contribution is 9.09. The Bertz CT molecular complexity index is 478. The van der Waals surface area contributed by atoms with Gasteiger partial charge >= 0.3 is 0 Å². The molecule has 0 bridgehead atoms. The SMILES string of the molecule is O=C(NC1(CBr)CCOCC1)c1cc(Cl)ccc1F. The maximum absolute atomic E-state index is 13.6. The molecule has 3 nitrogen and oxygen atoms in total. The lowest BCUT2D eigenvalue weighted by molar-refractivity contribution is 0.0441. The quantitative estimate of drug-likeness (QED) is 0.851. The summed E-state index contributed by atoms with van der Waals surface area (Å²) in [7, 11) is 0. The van der Waals surface area contributed by atoms with E-state index in [1.54, 1.807) is 0 Å². The molecule has 1 aromatic carbocycles. The first-order chi connectivity index (χ1) is 9.06. The smallest absolute Gasteiger partial charge is 0.254 e. The maximum Gasteiger partial charge on any atom is 0.254 e. The van der Waals surface area contributed by atoms with Crippen LogP contribution in [0.5, 0.6) is 0 Å². The summed E-state index contributed by atoms with van der Waals surface area (Å²) in [6.45, 7) is 1.17. The van der Waals surface area contributed by atoms with Crippen molar-refractivity contribution in [3.05, 3.63) is 34.6 Å². The molecule has 1 amide bonds. The van der Waals surface area contributed by atoms with E-state index >= 15 is 0 Å². The number of hydrogen-bond donors (Lipinski definition) is 1. The molecule has 0 aliphatic carbocycles. The van der Waals surface area contributed by atoms with Crippen LogP contribution in [0.3, 0.4) is 0 Å². The van der Waals surface area contributed by atoms with Crippen molar-refractivity contribution in [2.24, 2.45) is 0 Å². The van der Waals surface area contributed by atoms with Gasteiger partial charge in [0.1, 0.15) is 5.82 Å². The lowest BCUT2D eigenvalue weighted by Crippen LogP contribution is -2.53. The average molecular weight is 351 g/mol. The standard InChI is InChI=1S/C13H14BrClFNO2/c14-8-13(3-5-19-6-4-13)17-12(18)10-7-9(15)1-2-11(10)16/h1-2,7H,3-6,8H2,(H,17,18). The van der Waals surface area contributed by atoms with Gasteiger partial charge in [-0.05, 0) is 31.0 Å². The minimum Gasteiger partial charge on any atom is -0.381 e. The molecule has 1 saturated heterocycles. The van der Waals surface area contributed by atoms with Gasteiger partial charge in [-0.2, -0.15) is 0 Å². The van der Waals surface area contributed by atoms with E-state index in [2.05, 4.69) is 21.2 Å². The first kappa shape index (κ1) is 14.8. The molecular weight excluding hydrogens is 337 g/mol. The van der Waals surface area contributed by atoms with Crippen LogP contribution in [0.25, 0.3) is 0 Å². The van der Waals surface area contributed by atoms with Gasteiger partial charge in [-0.15, -0.1) is 0 Å². The Labute approximate surface area is 124 Å². The van der Waals surface area contributed by atoms with E-state index in [0.29, 0.717) is 36.4 Å². The van der Waals surface area contributed by atoms with Gasteiger partial charge in [-0.1, -0.05) is 27.5 Å². The van der Waals surface area contributed by atoms with Crippen molar-refractivity contribution >= 4 is 33.4 Å². The molecule has 0 radical (unpaired) electrons. The zero-order valence-corrected chi connectivity index (χ0v) is 12.6. The Morgan fingerprint density at radius 1 is 1.47 bits per heavy atom. The van der Waals surface area contributed by atoms with Crippen molar-refractivity contribution in [2.45, 2.75) is 18.4 Å². The van der Waals surface area contributed by atoms with E-state index in [1.807, 2.05) is 0 Å². The molecule has 19 heavy (non-hydrogen) atoms. The monoisotopic (exact) mass is 349 g/mol. The van der Waals surface area contributed by atoms with Gasteiger partial charge in [0, 0.05) is 23.6 Å². The first-order valence-electron chi connectivity index (χ1n) is 5.98. The fraction of sp³-hybridized carbons (Fsp3) is 0.462. The van der Waals surface area contributed by atoms with Crippen LogP contribution in [0, 0.1) is 5.82 Å². The topological polar surface area (TPSA) is 38.3 Å². The fourth-order valence-corrected chi connectivity index (χ4v) is 2.91. The van der Waals surface area contributed by atoms with E-state index in [9.17, 15) is 9.18 Å². The normalized spacial score (nSPS) is 18.1. The predicted octanol–water partition coefficient (Wildman–Crippen LogP) is 3.15. The Kier molecular flexibility index (Phi) is 4.81. The molecule has 1 N–H and O–H groups in total. The summed E-state index contributed by atoms with van der Waals surface area (Å²) in [5, 5.41) is 3.85. The van der Waals surface area contributed by atoms with Crippen LogP contribution < -0.4 is 5.32 Å². The second-order valence-electron chi connectivity index (χ2n) is 4.60. The third-order valence-corrected chi connectivity index (χ3v) is 4.57. The van der Waals surface area contributed by atoms with Crippen molar-refractivity contribution in [3.63, 3.8) is 0 Å². The number of carbonyl (C=O) groups excluding carboxylic acids is 1. The van der Waals surface area contributed by atoms with Crippen molar-refractivity contribution in [3.8, 4) is 0 Å². The minimum absolute atomic E-state index is 0.0284. The number of amides is 1. The summed E-state index contributed by atoms with van der Waals surface area (Å²) >= 11 is 9.21. The number of benzene rings is 1. The van der Waals surface area contributed by atoms with Gasteiger partial charge < -0.3 is 10.1 Å². The lowest BCUT2D eigenvalue weighted by Gasteiger charge is -2.36. The Hall–Kier alpha value is -0.650. The Morgan fingerprint density at radius 3 is 2.79 bits per heavy atom. The predicted molar refractivity (Wildman–Crippen MR) is 75.5 cm³/mol. The molecule has 0 spiro atoms. The van der Waals surface area contributed by atoms with E-state index in [0.717, 1.165) is 0 Å². The number of alkyl halides is 1. The molecule has 1 heterocycles. The molecule has 104 valence electrons. The molecule has 0 atom stereocenters. The van der Waals surface area contributed by atoms with Crippen LogP contribution in [0.4, 0.5) is 4.39 Å². The molecule has 0 unspecified atom stereocenters. The molecule has 0 saturated carbocycles. The van der Waals surface area contributed by atoms with Crippen molar-refractivity contribution < 1.29 is 13.9 Å². The highest BCUT2D eigenvalue weighted by atomic mass is 79.9. The van der Waals surface area contributed by atoms with Crippen molar-refractivity contribution in [1.82, 2.24) is 5.32 Å². The van der Waals surface area contributed by atoms with Crippen molar-refractivity contribution in [1.29, 1.82) is 0 Å². The third kappa shape index (κ3) is 3.46. The lowest BCUT2D eigenvalue weighted by atomic mass is 9.92. The van der Waals surface area contributed by atoms with Crippen molar-refractivity contribution in [2.75, 3.05) is 18.5 Å². The Balaban J connectivity index is 2.17. The van der Waals surface area contributed by atoms with E-state index in [1.165, 1.54) is 18.2 Å². The summed E-state index contributed by atoms with van der Waals surface area (Å²) in [5.41, 5.74) is -0.413. The van der Waals surface area contributed by atoms with Gasteiger partial charge in [0.2, 0.25) is 0 Å². The number of ether oxygens (including phenoxy) is 1. The molecule has 1 aromatic rings. The molecule has 1 aliphatic rings. The van der Waals surface area contributed by atoms with Crippen LogP contribution in [0.15, 0.2) is 18.2 Å². The van der Waals surface area contributed by atoms with Gasteiger partial charge in [0.05, 0.1) is 11.1 Å². The zero-order valence-electron chi connectivity index (χ0n) is 10.2. The van der Waals surface area contributed by atoms with Gasteiger partial charge in [-0.3, -0.25) is 4.79 Å². The largest absolute Gasteiger partial charge is 0.381 e. The summed E-state index contributed by atoms with van der Waals surface area (Å²) in [5.74, 6) is -1.01. The average Bonchev–Trinajstić information content (AvgIpc) is 2.42. The number of hydrogen-bond acceptors (Lipinski definition) is 2. The summed E-state index contributed by atoms with van der Waals surface area (Å²) in [4.78, 5) is 12.2. The fourth-order valence-electron chi connectivity index (χ4n) is 2.03. The van der Waals surface area contributed by atoms with E-state index in [4.69, 9.17) is 16.3 Å². The van der Waals surface area contributed by atoms with Crippen LogP contribution in [0.1, 0.15) is 23.2 Å². The minimum atomic E-state index is -0.571. The van der Waals surface area contributed by atoms with Crippen LogP contribution in [-0.2, 0) is 4.74 Å². The Morgan fingerprint density at radius 2 is 2.16 bits per heavy atom. The molecule has 1 fully saturated rings. The number of carbonyl (C=O) groups is 1. The molecule has 1 aliphatic heterocycles. The second-order valence-corrected chi connectivity index (χ2v) is 5.60. The summed E-state index contributed by atoms with van der Waals surface area (Å²) in [6, 6.07) is 3.96. The second kappa shape index (κ2) is 6.20. The van der Waals surface area contributed by atoms with E-state index < -0.39 is 11.7 Å². The maximum atomic E-state index is 13.6. The zero-order chi connectivity index (χ0) is 13.9. The van der Waals surface area contributed by atoms with Gasteiger partial charge in [0.25, 0.3) is 5.91 Å². The van der Waals surface area contributed by atoms with Crippen LogP contribution in [0.2, 0.25) is 5.02 Å². The highest BCUT2D eigenvalue weighted by Crippen LogP contribution is 2.24. The summed E-state index contributed by atoms with van der Waals surface area (Å²) in [6.07, 6.45) is 1.40. The molecule has 2 rings (SSSR count).